The Balaban J connectivity index is 0.00000176. The molecule has 0 amide bonds. The molecule has 0 N–H and O–H groups in total. The smallest absolute Gasteiger partial charge is 0.113 e. The topological polar surface area (TPSA) is 26.0 Å². The van der Waals surface area contributed by atoms with Gasteiger partial charge in [-0.15, -0.1) is 23.8 Å². The van der Waals surface area contributed by atoms with E-state index in [1.54, 1.807) is 0 Å². The van der Waals surface area contributed by atoms with E-state index in [2.05, 4.69) is 57.1 Å². The molecule has 0 atom stereocenters. The van der Waals surface area contributed by atoms with Gasteiger partial charge in [0.25, 0.3) is 0 Å². The fourth-order valence-electron chi connectivity index (χ4n) is 2.34. The van der Waals surface area contributed by atoms with Crippen LogP contribution >= 0.6 is 0 Å². The standard InChI is InChI=1S/C19H18NO.Ir/c1-12-13(2)21-18-7-6-14(10-16(12)18)17-11-15(8-9-20-17)19(3,4)5;/h7-11H,1-2H2,3-5H3;/q-1;. The van der Waals surface area contributed by atoms with E-state index in [9.17, 15) is 0 Å². The van der Waals surface area contributed by atoms with E-state index < -0.39 is 0 Å². The molecule has 0 saturated carbocycles. The van der Waals surface area contributed by atoms with Crippen LogP contribution in [-0.2, 0) is 25.5 Å². The molecule has 0 saturated heterocycles. The summed E-state index contributed by atoms with van der Waals surface area (Å²) in [4.78, 5) is 4.47. The van der Waals surface area contributed by atoms with Crippen LogP contribution in [0.15, 0.2) is 34.9 Å². The summed E-state index contributed by atoms with van der Waals surface area (Å²) in [5.41, 5.74) is 4.57. The third-order valence-corrected chi connectivity index (χ3v) is 3.71. The van der Waals surface area contributed by atoms with E-state index in [1.165, 1.54) is 5.56 Å². The Hall–Kier alpha value is -1.70. The Labute approximate surface area is 143 Å². The summed E-state index contributed by atoms with van der Waals surface area (Å²) in [7, 11) is 0. The normalized spacial score (nSPS) is 11.4. The van der Waals surface area contributed by atoms with Gasteiger partial charge in [0.2, 0.25) is 0 Å². The maximum atomic E-state index is 5.54. The SMILES string of the molecule is C=c1oc2c[c-]c(-c3cc(C(C)(C)C)ccn3)cc2c1=C.[Ir]. The van der Waals surface area contributed by atoms with Gasteiger partial charge in [-0.1, -0.05) is 45.4 Å². The van der Waals surface area contributed by atoms with Gasteiger partial charge in [-0.2, -0.15) is 0 Å². The first-order valence-corrected chi connectivity index (χ1v) is 6.95. The monoisotopic (exact) mass is 469 g/mol. The molecule has 2 nitrogen and oxygen atoms in total. The van der Waals surface area contributed by atoms with Crippen molar-refractivity contribution in [1.82, 2.24) is 4.98 Å². The first-order valence-electron chi connectivity index (χ1n) is 6.95. The number of nitrogens with zero attached hydrogens (tertiary/aromatic N) is 1. The van der Waals surface area contributed by atoms with Crippen LogP contribution in [0.5, 0.6) is 0 Å². The molecular weight excluding hydrogens is 450 g/mol. The quantitative estimate of drug-likeness (QED) is 0.512. The molecule has 2 heterocycles. The van der Waals surface area contributed by atoms with Gasteiger partial charge in [-0.05, 0) is 22.7 Å². The Morgan fingerprint density at radius 1 is 1.18 bits per heavy atom. The van der Waals surface area contributed by atoms with Gasteiger partial charge in [-0.3, -0.25) is 0 Å². The zero-order chi connectivity index (χ0) is 15.2. The molecule has 3 aromatic rings. The van der Waals surface area contributed by atoms with Gasteiger partial charge < -0.3 is 9.40 Å². The Morgan fingerprint density at radius 2 is 1.91 bits per heavy atom. The summed E-state index contributed by atoms with van der Waals surface area (Å²) in [6.45, 7) is 14.4. The van der Waals surface area contributed by atoms with Crippen LogP contribution in [0.2, 0.25) is 0 Å². The number of rotatable bonds is 1. The average molecular weight is 469 g/mol. The van der Waals surface area contributed by atoms with Crippen molar-refractivity contribution in [3.8, 4) is 11.3 Å². The third-order valence-electron chi connectivity index (χ3n) is 3.71. The maximum Gasteiger partial charge on any atom is 0.113 e. The number of aromatic nitrogens is 1. The molecule has 0 spiro atoms. The molecule has 22 heavy (non-hydrogen) atoms. The molecule has 0 aliphatic heterocycles. The summed E-state index contributed by atoms with van der Waals surface area (Å²) in [5, 5.41) is 1.80. The second-order valence-corrected chi connectivity index (χ2v) is 6.31. The van der Waals surface area contributed by atoms with Gasteiger partial charge in [0.05, 0.1) is 5.58 Å². The van der Waals surface area contributed by atoms with Crippen LogP contribution in [-0.4, -0.2) is 4.98 Å². The van der Waals surface area contributed by atoms with Crippen LogP contribution in [0.25, 0.3) is 35.4 Å². The zero-order valence-corrected chi connectivity index (χ0v) is 15.4. The minimum atomic E-state index is 0. The predicted octanol–water partition coefficient (Wildman–Crippen LogP) is 3.41. The summed E-state index contributed by atoms with van der Waals surface area (Å²) < 4.78 is 5.54. The van der Waals surface area contributed by atoms with Crippen molar-refractivity contribution in [2.45, 2.75) is 26.2 Å². The molecule has 115 valence electrons. The van der Waals surface area contributed by atoms with Crippen molar-refractivity contribution >= 4 is 24.1 Å². The van der Waals surface area contributed by atoms with Crippen molar-refractivity contribution in [1.29, 1.82) is 0 Å². The molecule has 0 unspecified atom stereocenters. The number of furan rings is 1. The van der Waals surface area contributed by atoms with Crippen molar-refractivity contribution in [3.63, 3.8) is 0 Å². The Kier molecular flexibility index (Phi) is 4.42. The number of hydrogen-bond acceptors (Lipinski definition) is 2. The molecule has 3 heteroatoms. The van der Waals surface area contributed by atoms with E-state index in [0.29, 0.717) is 5.42 Å². The van der Waals surface area contributed by atoms with Gasteiger partial charge in [-0.25, -0.2) is 0 Å². The van der Waals surface area contributed by atoms with Crippen molar-refractivity contribution < 1.29 is 24.5 Å². The summed E-state index contributed by atoms with van der Waals surface area (Å²) in [6, 6.07) is 11.3. The summed E-state index contributed by atoms with van der Waals surface area (Å²) in [6.07, 6.45) is 1.85. The minimum absolute atomic E-state index is 0. The van der Waals surface area contributed by atoms with Gasteiger partial charge in [0, 0.05) is 31.5 Å². The van der Waals surface area contributed by atoms with E-state index in [0.717, 1.165) is 27.4 Å². The second-order valence-electron chi connectivity index (χ2n) is 6.31. The van der Waals surface area contributed by atoms with Crippen molar-refractivity contribution in [3.05, 3.63) is 52.7 Å². The van der Waals surface area contributed by atoms with Gasteiger partial charge in [0.1, 0.15) is 5.42 Å². The molecule has 3 rings (SSSR count). The van der Waals surface area contributed by atoms with Crippen LogP contribution in [0.4, 0.5) is 0 Å². The molecule has 2 aromatic heterocycles. The van der Waals surface area contributed by atoms with Crippen LogP contribution in [0, 0.1) is 6.07 Å². The Morgan fingerprint density at radius 3 is 2.59 bits per heavy atom. The van der Waals surface area contributed by atoms with Crippen LogP contribution in [0.3, 0.4) is 0 Å². The molecule has 0 aliphatic carbocycles. The fraction of sp³-hybridized carbons (Fsp3) is 0.211. The van der Waals surface area contributed by atoms with E-state index >= 15 is 0 Å². The van der Waals surface area contributed by atoms with Gasteiger partial charge in [0.15, 0.2) is 0 Å². The second kappa shape index (κ2) is 5.83. The van der Waals surface area contributed by atoms with E-state index in [4.69, 9.17) is 4.42 Å². The fourth-order valence-corrected chi connectivity index (χ4v) is 2.34. The number of fused-ring (bicyclic) bond motifs is 1. The first-order chi connectivity index (χ1) is 9.86. The zero-order valence-electron chi connectivity index (χ0n) is 13.0. The Bertz CT molecular complexity index is 919. The minimum Gasteiger partial charge on any atom is -0.501 e. The van der Waals surface area contributed by atoms with Crippen molar-refractivity contribution in [2.75, 3.05) is 0 Å². The summed E-state index contributed by atoms with van der Waals surface area (Å²) in [5.74, 6) is 0. The molecule has 0 aliphatic rings. The molecule has 0 bridgehead atoms. The predicted molar refractivity (Wildman–Crippen MR) is 87.3 cm³/mol. The van der Waals surface area contributed by atoms with E-state index in [-0.39, 0.29) is 25.5 Å². The molecule has 1 aromatic carbocycles. The number of pyridine rings is 1. The maximum absolute atomic E-state index is 5.54. The van der Waals surface area contributed by atoms with Crippen molar-refractivity contribution in [2.24, 2.45) is 0 Å². The van der Waals surface area contributed by atoms with Crippen LogP contribution in [0.1, 0.15) is 26.3 Å². The average Bonchev–Trinajstić information content (AvgIpc) is 2.73. The molecular formula is C19H18IrNO-. The van der Waals surface area contributed by atoms with Crippen LogP contribution < -0.4 is 10.6 Å². The molecule has 0 fully saturated rings. The number of benzene rings is 1. The van der Waals surface area contributed by atoms with E-state index in [1.807, 2.05) is 18.3 Å². The first kappa shape index (κ1) is 16.7. The molecule has 1 radical (unpaired) electrons. The van der Waals surface area contributed by atoms with Gasteiger partial charge >= 0.3 is 0 Å². The number of hydrogen-bond donors (Lipinski definition) is 0. The third kappa shape index (κ3) is 2.92. The summed E-state index contributed by atoms with van der Waals surface area (Å²) >= 11 is 0. The largest absolute Gasteiger partial charge is 0.501 e.